The third kappa shape index (κ3) is 3.32. The zero-order valence-corrected chi connectivity index (χ0v) is 19.6. The van der Waals surface area contributed by atoms with Crippen molar-refractivity contribution in [3.63, 3.8) is 0 Å². The van der Waals surface area contributed by atoms with Crippen molar-refractivity contribution in [2.45, 2.75) is 37.7 Å². The third-order valence-electron chi connectivity index (χ3n) is 5.46. The van der Waals surface area contributed by atoms with E-state index in [1.807, 2.05) is 0 Å². The first-order valence-electron chi connectivity index (χ1n) is 8.74. The van der Waals surface area contributed by atoms with E-state index in [1.165, 1.54) is 39.0 Å². The summed E-state index contributed by atoms with van der Waals surface area (Å²) in [5.41, 5.74) is 12.2. The van der Waals surface area contributed by atoms with Crippen LogP contribution in [0.25, 0.3) is 16.7 Å². The summed E-state index contributed by atoms with van der Waals surface area (Å²) in [5, 5.41) is 0. The van der Waals surface area contributed by atoms with Crippen LogP contribution in [0, 0.1) is 5.41 Å². The van der Waals surface area contributed by atoms with Crippen LogP contribution in [0.4, 0.5) is 0 Å². The molecule has 4 rings (SSSR count). The van der Waals surface area contributed by atoms with Gasteiger partial charge in [0.2, 0.25) is 0 Å². The van der Waals surface area contributed by atoms with Crippen LogP contribution in [-0.2, 0) is 24.7 Å². The first-order chi connectivity index (χ1) is 11.4. The molecule has 0 saturated heterocycles. The number of hydrogen-bond donors (Lipinski definition) is 0. The Labute approximate surface area is 184 Å². The fourth-order valence-corrected chi connectivity index (χ4v) is 5.76. The molecule has 0 aromatic heterocycles. The summed E-state index contributed by atoms with van der Waals surface area (Å²) in [4.78, 5) is 0. The van der Waals surface area contributed by atoms with Crippen molar-refractivity contribution in [1.29, 1.82) is 0 Å². The van der Waals surface area contributed by atoms with Crippen LogP contribution in [-0.4, -0.2) is 0 Å². The van der Waals surface area contributed by atoms with Crippen molar-refractivity contribution < 1.29 is 49.5 Å². The average molecular weight is 462 g/mol. The Morgan fingerprint density at radius 2 is 1.50 bits per heavy atom. The molecule has 1 atom stereocenters. The summed E-state index contributed by atoms with van der Waals surface area (Å²) in [6.07, 6.45) is 3.53. The van der Waals surface area contributed by atoms with Crippen LogP contribution in [0.1, 0.15) is 54.4 Å². The number of rotatable bonds is 1. The molecule has 2 aliphatic carbocycles. The van der Waals surface area contributed by atoms with Crippen molar-refractivity contribution in [1.82, 2.24) is 0 Å². The second-order valence-electron chi connectivity index (χ2n) is 7.96. The molecule has 0 heterocycles. The predicted octanol–water partition coefficient (Wildman–Crippen LogP) is 0.461. The fourth-order valence-electron chi connectivity index (χ4n) is 4.38. The summed E-state index contributed by atoms with van der Waals surface area (Å²) < 4.78 is 0.568. The maximum atomic E-state index is 2.45. The van der Waals surface area contributed by atoms with Crippen LogP contribution in [0.3, 0.4) is 0 Å². The monoisotopic (exact) mass is 459 g/mol. The Bertz CT molecular complexity index is 901. The fraction of sp³-hybridized carbons (Fsp3) is 0.304. The van der Waals surface area contributed by atoms with Crippen molar-refractivity contribution in [2.75, 3.05) is 0 Å². The van der Waals surface area contributed by atoms with Crippen LogP contribution in [0.15, 0.2) is 59.7 Å². The molecule has 0 nitrogen and oxygen atoms in total. The van der Waals surface area contributed by atoms with Crippen LogP contribution >= 0.6 is 0 Å². The van der Waals surface area contributed by atoms with E-state index in [0.29, 0.717) is 3.63 Å². The molecule has 0 saturated carbocycles. The van der Waals surface area contributed by atoms with E-state index in [9.17, 15) is 0 Å². The van der Waals surface area contributed by atoms with Gasteiger partial charge in [-0.25, -0.2) is 0 Å². The first-order valence-corrected chi connectivity index (χ1v) is 10.2. The molecule has 1 unspecified atom stereocenters. The third-order valence-corrected chi connectivity index (χ3v) is 6.93. The molecule has 2 aromatic rings. The topological polar surface area (TPSA) is 0 Å². The summed E-state index contributed by atoms with van der Waals surface area (Å²) in [6, 6.07) is 15.9. The molecule has 0 N–H and O–H groups in total. The van der Waals surface area contributed by atoms with Gasteiger partial charge < -0.3 is 24.8 Å². The van der Waals surface area contributed by atoms with E-state index in [4.69, 9.17) is 0 Å². The van der Waals surface area contributed by atoms with Crippen LogP contribution in [0.2, 0.25) is 0 Å². The Balaban J connectivity index is 0.00000121. The van der Waals surface area contributed by atoms with Gasteiger partial charge in [-0.2, -0.15) is 0 Å². The molecule has 0 radical (unpaired) electrons. The minimum Gasteiger partial charge on any atom is -1.00 e. The van der Waals surface area contributed by atoms with Gasteiger partial charge in [-0.05, 0) is 0 Å². The standard InChI is InChI=1S/C23H23.2ClH.Zr/c1-15-17(12-13-22(15)23(2,3)4)19-10-7-11-20-18-9-6-5-8-16(18)14-21(19)20;;;/h5-11,13-14H,12H2,1-4H3;2*1H;/q;;;+2/p-2. The normalized spacial score (nSPS) is 17.9. The van der Waals surface area contributed by atoms with Gasteiger partial charge in [-0.1, -0.05) is 0 Å². The van der Waals surface area contributed by atoms with Gasteiger partial charge >= 0.3 is 161 Å². The van der Waals surface area contributed by atoms with Gasteiger partial charge in [-0.3, -0.25) is 0 Å². The minimum absolute atomic E-state index is 0. The number of hydrogen-bond acceptors (Lipinski definition) is 0. The second kappa shape index (κ2) is 7.78. The van der Waals surface area contributed by atoms with E-state index in [0.717, 1.165) is 6.42 Å². The minimum atomic E-state index is 0. The summed E-state index contributed by atoms with van der Waals surface area (Å²) in [5.74, 6) is 0. The largest absolute Gasteiger partial charge is 1.00 e. The smallest absolute Gasteiger partial charge is 1.00 e. The molecule has 0 bridgehead atoms. The Hall–Kier alpha value is -0.617. The second-order valence-corrected chi connectivity index (χ2v) is 9.38. The SMILES string of the molecule is CC1=C(c2cccc3c2[CH]([Zr+2])c2ccccc2-3)CC=C1C(C)(C)C.[Cl-].[Cl-]. The molecule has 133 valence electrons. The van der Waals surface area contributed by atoms with Crippen molar-refractivity contribution in [3.8, 4) is 11.1 Å². The zero-order valence-electron chi connectivity index (χ0n) is 15.7. The molecule has 26 heavy (non-hydrogen) atoms. The molecule has 3 heteroatoms. The summed E-state index contributed by atoms with van der Waals surface area (Å²) >= 11 is 1.59. The zero-order chi connectivity index (χ0) is 17.1. The number of allylic oxidation sites excluding steroid dienone is 4. The van der Waals surface area contributed by atoms with E-state index >= 15 is 0 Å². The summed E-state index contributed by atoms with van der Waals surface area (Å²) in [7, 11) is 0. The Kier molecular flexibility index (Phi) is 6.49. The average Bonchev–Trinajstić information content (AvgIpc) is 3.07. The summed E-state index contributed by atoms with van der Waals surface area (Å²) in [6.45, 7) is 9.29. The molecule has 0 fully saturated rings. The maximum absolute atomic E-state index is 2.45. The molecular weight excluding hydrogens is 438 g/mol. The van der Waals surface area contributed by atoms with Gasteiger partial charge in [0.25, 0.3) is 0 Å². The van der Waals surface area contributed by atoms with Gasteiger partial charge in [-0.15, -0.1) is 0 Å². The molecular formula is C23H23Cl2Zr. The van der Waals surface area contributed by atoms with Crippen molar-refractivity contribution in [3.05, 3.63) is 76.4 Å². The van der Waals surface area contributed by atoms with Crippen molar-refractivity contribution in [2.24, 2.45) is 5.41 Å². The quantitative estimate of drug-likeness (QED) is 0.579. The van der Waals surface area contributed by atoms with E-state index in [-0.39, 0.29) is 30.2 Å². The number of benzene rings is 2. The van der Waals surface area contributed by atoms with Crippen LogP contribution in [0.5, 0.6) is 0 Å². The number of halogens is 2. The molecule has 2 aromatic carbocycles. The van der Waals surface area contributed by atoms with E-state index in [2.05, 4.69) is 76.2 Å². The van der Waals surface area contributed by atoms with Gasteiger partial charge in [0.05, 0.1) is 0 Å². The predicted molar refractivity (Wildman–Crippen MR) is 98.5 cm³/mol. The van der Waals surface area contributed by atoms with E-state index in [1.54, 1.807) is 30.3 Å². The first kappa shape index (κ1) is 21.7. The maximum Gasteiger partial charge on any atom is -1.00 e. The van der Waals surface area contributed by atoms with Crippen LogP contribution < -0.4 is 24.8 Å². The Morgan fingerprint density at radius 1 is 0.885 bits per heavy atom. The Morgan fingerprint density at radius 3 is 2.15 bits per heavy atom. The van der Waals surface area contributed by atoms with E-state index < -0.39 is 0 Å². The number of fused-ring (bicyclic) bond motifs is 3. The van der Waals surface area contributed by atoms with Gasteiger partial charge in [0, 0.05) is 0 Å². The van der Waals surface area contributed by atoms with Crippen molar-refractivity contribution >= 4 is 5.57 Å². The molecule has 0 amide bonds. The van der Waals surface area contributed by atoms with Gasteiger partial charge in [0.15, 0.2) is 0 Å². The van der Waals surface area contributed by atoms with Gasteiger partial charge in [0.1, 0.15) is 0 Å². The molecule has 0 spiro atoms. The molecule has 2 aliphatic rings. The molecule has 0 aliphatic heterocycles.